The van der Waals surface area contributed by atoms with Gasteiger partial charge in [-0.1, -0.05) is 23.7 Å². The molecule has 0 aliphatic carbocycles. The SMILES string of the molecule is O=C(CCC1CCNCC1)NCC(c1cccc(Cl)c1)N1CCOCC1. The lowest BCUT2D eigenvalue weighted by Crippen LogP contribution is -2.43. The van der Waals surface area contributed by atoms with E-state index >= 15 is 0 Å². The number of benzene rings is 1. The Labute approximate surface area is 161 Å². The van der Waals surface area contributed by atoms with Gasteiger partial charge in [0.05, 0.1) is 19.3 Å². The Hall–Kier alpha value is -1.14. The molecular weight excluding hydrogens is 350 g/mol. The van der Waals surface area contributed by atoms with Gasteiger partial charge in [0.15, 0.2) is 0 Å². The summed E-state index contributed by atoms with van der Waals surface area (Å²) >= 11 is 6.19. The quantitative estimate of drug-likeness (QED) is 0.764. The summed E-state index contributed by atoms with van der Waals surface area (Å²) in [4.78, 5) is 14.8. The maximum Gasteiger partial charge on any atom is 0.220 e. The van der Waals surface area contributed by atoms with Gasteiger partial charge in [-0.2, -0.15) is 0 Å². The summed E-state index contributed by atoms with van der Waals surface area (Å²) in [5.41, 5.74) is 1.15. The molecule has 26 heavy (non-hydrogen) atoms. The van der Waals surface area contributed by atoms with Crippen molar-refractivity contribution >= 4 is 17.5 Å². The van der Waals surface area contributed by atoms with E-state index in [2.05, 4.69) is 21.6 Å². The molecule has 1 aromatic rings. The van der Waals surface area contributed by atoms with Crippen molar-refractivity contribution in [2.75, 3.05) is 45.9 Å². The van der Waals surface area contributed by atoms with Gasteiger partial charge >= 0.3 is 0 Å². The van der Waals surface area contributed by atoms with E-state index in [0.717, 1.165) is 56.4 Å². The second kappa shape index (κ2) is 10.3. The van der Waals surface area contributed by atoms with Crippen molar-refractivity contribution in [1.29, 1.82) is 0 Å². The molecule has 6 heteroatoms. The molecule has 2 heterocycles. The molecule has 0 saturated carbocycles. The van der Waals surface area contributed by atoms with E-state index in [1.54, 1.807) is 0 Å². The molecule has 2 saturated heterocycles. The molecule has 0 radical (unpaired) electrons. The van der Waals surface area contributed by atoms with Crippen LogP contribution in [0.5, 0.6) is 0 Å². The first-order chi connectivity index (χ1) is 12.7. The zero-order chi connectivity index (χ0) is 18.2. The highest BCUT2D eigenvalue weighted by Gasteiger charge is 2.23. The maximum absolute atomic E-state index is 12.4. The number of carbonyl (C=O) groups excluding carboxylic acids is 1. The smallest absolute Gasteiger partial charge is 0.220 e. The summed E-state index contributed by atoms with van der Waals surface area (Å²) < 4.78 is 5.48. The van der Waals surface area contributed by atoms with E-state index in [4.69, 9.17) is 16.3 Å². The van der Waals surface area contributed by atoms with Gasteiger partial charge in [0, 0.05) is 31.1 Å². The van der Waals surface area contributed by atoms with Crippen LogP contribution in [0, 0.1) is 5.92 Å². The van der Waals surface area contributed by atoms with E-state index in [1.807, 2.05) is 18.2 Å². The minimum Gasteiger partial charge on any atom is -0.379 e. The van der Waals surface area contributed by atoms with E-state index in [9.17, 15) is 4.79 Å². The monoisotopic (exact) mass is 379 g/mol. The van der Waals surface area contributed by atoms with Crippen molar-refractivity contribution in [3.05, 3.63) is 34.9 Å². The number of nitrogens with zero attached hydrogens (tertiary/aromatic N) is 1. The van der Waals surface area contributed by atoms with Crippen molar-refractivity contribution in [3.63, 3.8) is 0 Å². The predicted octanol–water partition coefficient (Wildman–Crippen LogP) is 2.61. The standard InChI is InChI=1S/C20H30ClN3O2/c21-18-3-1-2-17(14-18)19(24-10-12-26-13-11-24)15-23-20(25)5-4-16-6-8-22-9-7-16/h1-3,14,16,19,22H,4-13,15H2,(H,23,25). The highest BCUT2D eigenvalue weighted by atomic mass is 35.5. The van der Waals surface area contributed by atoms with Crippen LogP contribution < -0.4 is 10.6 Å². The van der Waals surface area contributed by atoms with E-state index in [0.29, 0.717) is 18.9 Å². The minimum absolute atomic E-state index is 0.139. The second-order valence-corrected chi connectivity index (χ2v) is 7.69. The number of rotatable bonds is 7. The fourth-order valence-corrected chi connectivity index (χ4v) is 4.06. The first-order valence-electron chi connectivity index (χ1n) is 9.77. The van der Waals surface area contributed by atoms with Gasteiger partial charge < -0.3 is 15.4 Å². The number of nitrogens with one attached hydrogen (secondary N) is 2. The van der Waals surface area contributed by atoms with Crippen LogP contribution in [0.15, 0.2) is 24.3 Å². The average molecular weight is 380 g/mol. The lowest BCUT2D eigenvalue weighted by atomic mass is 9.93. The van der Waals surface area contributed by atoms with Crippen LogP contribution in [0.2, 0.25) is 5.02 Å². The Morgan fingerprint density at radius 3 is 2.81 bits per heavy atom. The van der Waals surface area contributed by atoms with E-state index < -0.39 is 0 Å². The van der Waals surface area contributed by atoms with Crippen LogP contribution in [0.1, 0.15) is 37.3 Å². The highest BCUT2D eigenvalue weighted by molar-refractivity contribution is 6.30. The Bertz CT molecular complexity index is 572. The van der Waals surface area contributed by atoms with Gasteiger partial charge in [-0.05, 0) is 56.0 Å². The Kier molecular flexibility index (Phi) is 7.74. The van der Waals surface area contributed by atoms with Crippen molar-refractivity contribution in [2.24, 2.45) is 5.92 Å². The van der Waals surface area contributed by atoms with Crippen molar-refractivity contribution in [3.8, 4) is 0 Å². The molecule has 2 aliphatic heterocycles. The van der Waals surface area contributed by atoms with Gasteiger partial charge in [0.1, 0.15) is 0 Å². The molecule has 2 N–H and O–H groups in total. The molecule has 0 bridgehead atoms. The molecule has 1 aromatic carbocycles. The summed E-state index contributed by atoms with van der Waals surface area (Å²) in [5, 5.41) is 7.27. The number of carbonyl (C=O) groups is 1. The zero-order valence-electron chi connectivity index (χ0n) is 15.4. The number of hydrogen-bond acceptors (Lipinski definition) is 4. The summed E-state index contributed by atoms with van der Waals surface area (Å²) in [6, 6.07) is 8.10. The fourth-order valence-electron chi connectivity index (χ4n) is 3.87. The lowest BCUT2D eigenvalue weighted by molar-refractivity contribution is -0.121. The zero-order valence-corrected chi connectivity index (χ0v) is 16.1. The second-order valence-electron chi connectivity index (χ2n) is 7.26. The van der Waals surface area contributed by atoms with Gasteiger partial charge in [-0.3, -0.25) is 9.69 Å². The van der Waals surface area contributed by atoms with Gasteiger partial charge in [0.2, 0.25) is 5.91 Å². The third kappa shape index (κ3) is 5.95. The minimum atomic E-state index is 0.139. The molecule has 2 aliphatic rings. The summed E-state index contributed by atoms with van der Waals surface area (Å²) in [5.74, 6) is 0.841. The van der Waals surface area contributed by atoms with Crippen LogP contribution in [-0.4, -0.2) is 56.7 Å². The Morgan fingerprint density at radius 2 is 2.08 bits per heavy atom. The largest absolute Gasteiger partial charge is 0.379 e. The summed E-state index contributed by atoms with van der Waals surface area (Å²) in [6.45, 7) is 6.01. The number of hydrogen-bond donors (Lipinski definition) is 2. The molecule has 0 spiro atoms. The lowest BCUT2D eigenvalue weighted by Gasteiger charge is -2.35. The van der Waals surface area contributed by atoms with Crippen LogP contribution in [0.3, 0.4) is 0 Å². The average Bonchev–Trinajstić information content (AvgIpc) is 2.68. The molecule has 2 fully saturated rings. The molecule has 1 atom stereocenters. The number of halogens is 1. The molecule has 3 rings (SSSR count). The van der Waals surface area contributed by atoms with Crippen LogP contribution in [-0.2, 0) is 9.53 Å². The predicted molar refractivity (Wildman–Crippen MR) is 104 cm³/mol. The van der Waals surface area contributed by atoms with Crippen molar-refractivity contribution < 1.29 is 9.53 Å². The molecule has 1 unspecified atom stereocenters. The highest BCUT2D eigenvalue weighted by Crippen LogP contribution is 2.24. The first-order valence-corrected chi connectivity index (χ1v) is 10.1. The van der Waals surface area contributed by atoms with E-state index in [-0.39, 0.29) is 11.9 Å². The van der Waals surface area contributed by atoms with Gasteiger partial charge in [-0.25, -0.2) is 0 Å². The molecule has 0 aromatic heterocycles. The first kappa shape index (κ1) is 19.6. The fraction of sp³-hybridized carbons (Fsp3) is 0.650. The van der Waals surface area contributed by atoms with Crippen molar-refractivity contribution in [1.82, 2.24) is 15.5 Å². The van der Waals surface area contributed by atoms with Crippen LogP contribution >= 0.6 is 11.6 Å². The maximum atomic E-state index is 12.4. The van der Waals surface area contributed by atoms with Gasteiger partial charge in [0.25, 0.3) is 0 Å². The molecular formula is C20H30ClN3O2. The van der Waals surface area contributed by atoms with Crippen molar-refractivity contribution in [2.45, 2.75) is 31.7 Å². The summed E-state index contributed by atoms with van der Waals surface area (Å²) in [6.07, 6.45) is 3.99. The Morgan fingerprint density at radius 1 is 1.31 bits per heavy atom. The van der Waals surface area contributed by atoms with Crippen LogP contribution in [0.25, 0.3) is 0 Å². The summed E-state index contributed by atoms with van der Waals surface area (Å²) in [7, 11) is 0. The number of ether oxygens (including phenoxy) is 1. The number of morpholine rings is 1. The molecule has 1 amide bonds. The molecule has 144 valence electrons. The Balaban J connectivity index is 1.54. The number of piperidine rings is 1. The van der Waals surface area contributed by atoms with E-state index in [1.165, 1.54) is 12.8 Å². The third-order valence-electron chi connectivity index (χ3n) is 5.45. The normalized spacial score (nSPS) is 20.7. The molecule has 5 nitrogen and oxygen atoms in total. The van der Waals surface area contributed by atoms with Crippen LogP contribution in [0.4, 0.5) is 0 Å². The number of amides is 1. The third-order valence-corrected chi connectivity index (χ3v) is 5.69. The van der Waals surface area contributed by atoms with Gasteiger partial charge in [-0.15, -0.1) is 0 Å². The topological polar surface area (TPSA) is 53.6 Å².